The summed E-state index contributed by atoms with van der Waals surface area (Å²) in [7, 11) is 0. The first-order valence-corrected chi connectivity index (χ1v) is 4.70. The minimum atomic E-state index is 0.0846. The molecule has 2 rings (SSSR count). The van der Waals surface area contributed by atoms with E-state index in [0.29, 0.717) is 6.54 Å². The van der Waals surface area contributed by atoms with Gasteiger partial charge in [0.1, 0.15) is 0 Å². The second-order valence-corrected chi connectivity index (χ2v) is 3.63. The number of nitrogens with two attached hydrogens (primary N) is 1. The Morgan fingerprint density at radius 2 is 2.46 bits per heavy atom. The molecule has 1 unspecified atom stereocenters. The molecule has 1 atom stereocenters. The summed E-state index contributed by atoms with van der Waals surface area (Å²) in [5, 5.41) is 3.34. The molecular weight excluding hydrogens is 162 g/mol. The van der Waals surface area contributed by atoms with Gasteiger partial charge in [0.2, 0.25) is 0 Å². The molecule has 3 nitrogen and oxygen atoms in total. The molecule has 0 spiro atoms. The Kier molecular flexibility index (Phi) is 2.29. The third-order valence-corrected chi connectivity index (χ3v) is 2.84. The third kappa shape index (κ3) is 1.45. The molecule has 1 aliphatic rings. The van der Waals surface area contributed by atoms with Crippen LogP contribution in [0.5, 0.6) is 0 Å². The van der Waals surface area contributed by atoms with Gasteiger partial charge in [0.15, 0.2) is 0 Å². The topological polar surface area (TPSA) is 50.9 Å². The molecule has 1 aliphatic heterocycles. The molecule has 0 aromatic carbocycles. The van der Waals surface area contributed by atoms with Crippen LogP contribution in [0.1, 0.15) is 12.1 Å². The summed E-state index contributed by atoms with van der Waals surface area (Å²) < 4.78 is 0. The van der Waals surface area contributed by atoms with Gasteiger partial charge in [0.05, 0.1) is 0 Å². The van der Waals surface area contributed by atoms with E-state index < -0.39 is 0 Å². The van der Waals surface area contributed by atoms with Crippen LogP contribution >= 0.6 is 0 Å². The van der Waals surface area contributed by atoms with Crippen molar-refractivity contribution < 1.29 is 0 Å². The van der Waals surface area contributed by atoms with Crippen molar-refractivity contribution in [1.82, 2.24) is 10.3 Å². The Labute approximate surface area is 78.4 Å². The fourth-order valence-corrected chi connectivity index (χ4v) is 1.92. The fraction of sp³-hybridized carbons (Fsp3) is 0.500. The second kappa shape index (κ2) is 3.44. The maximum absolute atomic E-state index is 5.82. The first-order valence-electron chi connectivity index (χ1n) is 4.70. The van der Waals surface area contributed by atoms with Crippen LogP contribution in [0.15, 0.2) is 24.4 Å². The normalized spacial score (nSPS) is 27.8. The van der Waals surface area contributed by atoms with Gasteiger partial charge in [-0.05, 0) is 25.1 Å². The lowest BCUT2D eigenvalue weighted by Gasteiger charge is -2.25. The molecule has 3 heteroatoms. The van der Waals surface area contributed by atoms with E-state index in [-0.39, 0.29) is 5.41 Å². The molecule has 3 N–H and O–H groups in total. The maximum atomic E-state index is 5.82. The maximum Gasteiger partial charge on any atom is 0.0491 e. The molecule has 1 aromatic rings. The van der Waals surface area contributed by atoms with Crippen LogP contribution in [-0.4, -0.2) is 24.6 Å². The molecule has 2 heterocycles. The number of nitrogens with one attached hydrogen (secondary N) is 1. The summed E-state index contributed by atoms with van der Waals surface area (Å²) in [4.78, 5) is 4.38. The van der Waals surface area contributed by atoms with Gasteiger partial charge in [-0.3, -0.25) is 4.98 Å². The lowest BCUT2D eigenvalue weighted by molar-refractivity contribution is 0.469. The number of nitrogens with zero attached hydrogens (tertiary/aromatic N) is 1. The highest BCUT2D eigenvalue weighted by atomic mass is 14.9. The molecule has 1 aromatic heterocycles. The average molecular weight is 177 g/mol. The summed E-state index contributed by atoms with van der Waals surface area (Å²) in [6, 6.07) is 6.04. The zero-order valence-electron chi connectivity index (χ0n) is 7.66. The fourth-order valence-electron chi connectivity index (χ4n) is 1.92. The Hall–Kier alpha value is -0.930. The molecule has 0 aliphatic carbocycles. The van der Waals surface area contributed by atoms with Gasteiger partial charge >= 0.3 is 0 Å². The Morgan fingerprint density at radius 3 is 3.00 bits per heavy atom. The van der Waals surface area contributed by atoms with Crippen molar-refractivity contribution in [2.45, 2.75) is 11.8 Å². The molecule has 13 heavy (non-hydrogen) atoms. The van der Waals surface area contributed by atoms with Crippen LogP contribution in [0.25, 0.3) is 0 Å². The van der Waals surface area contributed by atoms with Crippen LogP contribution < -0.4 is 11.1 Å². The molecule has 1 fully saturated rings. The summed E-state index contributed by atoms with van der Waals surface area (Å²) in [6.45, 7) is 2.69. The highest BCUT2D eigenvalue weighted by molar-refractivity contribution is 5.20. The number of rotatable bonds is 2. The Balaban J connectivity index is 2.31. The summed E-state index contributed by atoms with van der Waals surface area (Å²) in [5.74, 6) is 0. The number of hydrogen-bond acceptors (Lipinski definition) is 3. The van der Waals surface area contributed by atoms with E-state index in [4.69, 9.17) is 5.73 Å². The molecular formula is C10H15N3. The smallest absolute Gasteiger partial charge is 0.0491 e. The Morgan fingerprint density at radius 1 is 1.54 bits per heavy atom. The zero-order chi connectivity index (χ0) is 9.15. The van der Waals surface area contributed by atoms with Crippen LogP contribution in [-0.2, 0) is 5.41 Å². The quantitative estimate of drug-likeness (QED) is 0.682. The van der Waals surface area contributed by atoms with Crippen LogP contribution in [0.4, 0.5) is 0 Å². The molecule has 0 bridgehead atoms. The predicted octanol–water partition coefficient (Wildman–Crippen LogP) is 0.271. The number of hydrogen-bond donors (Lipinski definition) is 2. The molecule has 0 saturated carbocycles. The lowest BCUT2D eigenvalue weighted by atomic mass is 9.83. The predicted molar refractivity (Wildman–Crippen MR) is 52.5 cm³/mol. The van der Waals surface area contributed by atoms with Crippen molar-refractivity contribution >= 4 is 0 Å². The van der Waals surface area contributed by atoms with E-state index in [0.717, 1.165) is 25.2 Å². The number of aromatic nitrogens is 1. The molecule has 70 valence electrons. The minimum Gasteiger partial charge on any atom is -0.329 e. The van der Waals surface area contributed by atoms with E-state index in [1.165, 1.54) is 0 Å². The van der Waals surface area contributed by atoms with Gasteiger partial charge in [0, 0.05) is 30.4 Å². The van der Waals surface area contributed by atoms with Crippen molar-refractivity contribution in [3.05, 3.63) is 30.1 Å². The van der Waals surface area contributed by atoms with Crippen molar-refractivity contribution in [2.75, 3.05) is 19.6 Å². The molecule has 0 amide bonds. The van der Waals surface area contributed by atoms with Crippen LogP contribution in [0.3, 0.4) is 0 Å². The van der Waals surface area contributed by atoms with Crippen molar-refractivity contribution in [2.24, 2.45) is 5.73 Å². The average Bonchev–Trinajstić information content (AvgIpc) is 2.69. The monoisotopic (exact) mass is 177 g/mol. The van der Waals surface area contributed by atoms with E-state index in [9.17, 15) is 0 Å². The first-order chi connectivity index (χ1) is 6.37. The zero-order valence-corrected chi connectivity index (χ0v) is 7.66. The highest BCUT2D eigenvalue weighted by Gasteiger charge is 2.35. The van der Waals surface area contributed by atoms with Crippen molar-refractivity contribution in [3.63, 3.8) is 0 Å². The van der Waals surface area contributed by atoms with E-state index in [1.807, 2.05) is 18.3 Å². The SMILES string of the molecule is NCC1(c2ccccn2)CCNC1. The summed E-state index contributed by atoms with van der Waals surface area (Å²) >= 11 is 0. The molecule has 0 radical (unpaired) electrons. The van der Waals surface area contributed by atoms with Crippen LogP contribution in [0.2, 0.25) is 0 Å². The van der Waals surface area contributed by atoms with Gasteiger partial charge in [-0.1, -0.05) is 6.07 Å². The first kappa shape index (κ1) is 8.66. The van der Waals surface area contributed by atoms with E-state index >= 15 is 0 Å². The number of pyridine rings is 1. The van der Waals surface area contributed by atoms with Gasteiger partial charge < -0.3 is 11.1 Å². The van der Waals surface area contributed by atoms with Gasteiger partial charge in [0.25, 0.3) is 0 Å². The standard InChI is InChI=1S/C10H15N3/c11-7-10(4-6-12-8-10)9-3-1-2-5-13-9/h1-3,5,12H,4,6-8,11H2. The third-order valence-electron chi connectivity index (χ3n) is 2.84. The minimum absolute atomic E-state index is 0.0846. The lowest BCUT2D eigenvalue weighted by Crippen LogP contribution is -2.37. The van der Waals surface area contributed by atoms with Gasteiger partial charge in [-0.2, -0.15) is 0 Å². The van der Waals surface area contributed by atoms with Crippen molar-refractivity contribution in [1.29, 1.82) is 0 Å². The van der Waals surface area contributed by atoms with E-state index in [2.05, 4.69) is 16.4 Å². The van der Waals surface area contributed by atoms with Gasteiger partial charge in [-0.25, -0.2) is 0 Å². The van der Waals surface area contributed by atoms with E-state index in [1.54, 1.807) is 0 Å². The van der Waals surface area contributed by atoms with Crippen molar-refractivity contribution in [3.8, 4) is 0 Å². The summed E-state index contributed by atoms with van der Waals surface area (Å²) in [5.41, 5.74) is 7.03. The second-order valence-electron chi connectivity index (χ2n) is 3.63. The Bertz CT molecular complexity index is 265. The van der Waals surface area contributed by atoms with Crippen LogP contribution in [0, 0.1) is 0 Å². The molecule has 1 saturated heterocycles. The highest BCUT2D eigenvalue weighted by Crippen LogP contribution is 2.27. The largest absolute Gasteiger partial charge is 0.329 e. The van der Waals surface area contributed by atoms with Gasteiger partial charge in [-0.15, -0.1) is 0 Å². The summed E-state index contributed by atoms with van der Waals surface area (Å²) in [6.07, 6.45) is 2.94.